The van der Waals surface area contributed by atoms with Gasteiger partial charge in [0.25, 0.3) is 0 Å². The maximum atomic E-state index is 12.0. The number of hydrogen-bond donors (Lipinski definition) is 1. The molecule has 1 aliphatic rings. The molecule has 0 saturated carbocycles. The van der Waals surface area contributed by atoms with Gasteiger partial charge in [0.1, 0.15) is 6.04 Å². The van der Waals surface area contributed by atoms with Gasteiger partial charge in [0, 0.05) is 19.4 Å². The lowest BCUT2D eigenvalue weighted by Crippen LogP contribution is -2.51. The lowest BCUT2D eigenvalue weighted by atomic mass is 9.93. The number of carbonyl (C=O) groups is 2. The van der Waals surface area contributed by atoms with Gasteiger partial charge in [-0.1, -0.05) is 31.2 Å². The van der Waals surface area contributed by atoms with Crippen molar-refractivity contribution in [1.29, 1.82) is 0 Å². The summed E-state index contributed by atoms with van der Waals surface area (Å²) in [7, 11) is 0. The Balaban J connectivity index is 2.28. The Hall–Kier alpha value is -1.84. The first-order chi connectivity index (χ1) is 8.63. The standard InChI is InChI=1S/C14H18N2O2/c1-2-5-13(17)16-9-11-7-4-3-6-10(11)8-12(16)14(15)18/h3-4,6-7,12H,2,5,8-9H2,1H3,(H2,15,18)/t12-/m0/s1. The van der Waals surface area contributed by atoms with Crippen LogP contribution in [0.4, 0.5) is 0 Å². The van der Waals surface area contributed by atoms with Crippen LogP contribution < -0.4 is 5.73 Å². The van der Waals surface area contributed by atoms with Crippen LogP contribution in [0.3, 0.4) is 0 Å². The molecule has 0 fully saturated rings. The Morgan fingerprint density at radius 1 is 1.33 bits per heavy atom. The molecule has 4 heteroatoms. The van der Waals surface area contributed by atoms with Gasteiger partial charge in [0.05, 0.1) is 0 Å². The minimum atomic E-state index is -0.501. The quantitative estimate of drug-likeness (QED) is 0.871. The normalized spacial score (nSPS) is 18.3. The molecule has 0 radical (unpaired) electrons. The third-order valence-corrected chi connectivity index (χ3v) is 3.36. The summed E-state index contributed by atoms with van der Waals surface area (Å²) < 4.78 is 0. The highest BCUT2D eigenvalue weighted by Gasteiger charge is 2.32. The van der Waals surface area contributed by atoms with Gasteiger partial charge in [0.15, 0.2) is 0 Å². The minimum Gasteiger partial charge on any atom is -0.368 e. The molecule has 0 unspecified atom stereocenters. The first-order valence-corrected chi connectivity index (χ1v) is 6.29. The maximum absolute atomic E-state index is 12.0. The van der Waals surface area contributed by atoms with Gasteiger partial charge in [-0.3, -0.25) is 9.59 Å². The molecule has 1 atom stereocenters. The van der Waals surface area contributed by atoms with E-state index in [-0.39, 0.29) is 5.91 Å². The number of rotatable bonds is 3. The number of fused-ring (bicyclic) bond motifs is 1. The molecule has 96 valence electrons. The first kappa shape index (κ1) is 12.6. The molecule has 2 rings (SSSR count). The Labute approximate surface area is 107 Å². The van der Waals surface area contributed by atoms with Crippen molar-refractivity contribution in [3.8, 4) is 0 Å². The SMILES string of the molecule is CCCC(=O)N1Cc2ccccc2C[C@H]1C(N)=O. The largest absolute Gasteiger partial charge is 0.368 e. The Bertz CT molecular complexity index is 471. The Morgan fingerprint density at radius 3 is 2.61 bits per heavy atom. The summed E-state index contributed by atoms with van der Waals surface area (Å²) >= 11 is 0. The lowest BCUT2D eigenvalue weighted by molar-refractivity contribution is -0.140. The van der Waals surface area contributed by atoms with Crippen molar-refractivity contribution in [2.45, 2.75) is 38.8 Å². The number of hydrogen-bond acceptors (Lipinski definition) is 2. The Kier molecular flexibility index (Phi) is 3.65. The molecule has 1 heterocycles. The van der Waals surface area contributed by atoms with E-state index >= 15 is 0 Å². The number of nitrogens with two attached hydrogens (primary N) is 1. The highest BCUT2D eigenvalue weighted by Crippen LogP contribution is 2.23. The van der Waals surface area contributed by atoms with Crippen molar-refractivity contribution >= 4 is 11.8 Å². The second kappa shape index (κ2) is 5.21. The monoisotopic (exact) mass is 246 g/mol. The van der Waals surface area contributed by atoms with Gasteiger partial charge < -0.3 is 10.6 Å². The molecule has 1 aliphatic heterocycles. The van der Waals surface area contributed by atoms with Crippen LogP contribution in [-0.4, -0.2) is 22.8 Å². The molecule has 1 aromatic carbocycles. The molecule has 4 nitrogen and oxygen atoms in total. The molecule has 0 aromatic heterocycles. The molecule has 0 spiro atoms. The van der Waals surface area contributed by atoms with Crippen LogP contribution in [0.2, 0.25) is 0 Å². The minimum absolute atomic E-state index is 0.0100. The smallest absolute Gasteiger partial charge is 0.240 e. The third kappa shape index (κ3) is 2.37. The van der Waals surface area contributed by atoms with Crippen LogP contribution >= 0.6 is 0 Å². The lowest BCUT2D eigenvalue weighted by Gasteiger charge is -2.35. The van der Waals surface area contributed by atoms with E-state index in [0.717, 1.165) is 17.5 Å². The summed E-state index contributed by atoms with van der Waals surface area (Å²) in [6, 6.07) is 7.39. The number of benzene rings is 1. The molecule has 1 aromatic rings. The van der Waals surface area contributed by atoms with Crippen LogP contribution in [0.25, 0.3) is 0 Å². The molecule has 0 aliphatic carbocycles. The van der Waals surface area contributed by atoms with Crippen molar-refractivity contribution in [2.24, 2.45) is 5.73 Å². The zero-order chi connectivity index (χ0) is 13.1. The van der Waals surface area contributed by atoms with E-state index < -0.39 is 11.9 Å². The van der Waals surface area contributed by atoms with Gasteiger partial charge in [0.2, 0.25) is 11.8 Å². The van der Waals surface area contributed by atoms with Gasteiger partial charge in [-0.2, -0.15) is 0 Å². The summed E-state index contributed by atoms with van der Waals surface area (Å²) in [6.07, 6.45) is 1.77. The first-order valence-electron chi connectivity index (χ1n) is 6.29. The van der Waals surface area contributed by atoms with Gasteiger partial charge in [-0.25, -0.2) is 0 Å². The summed E-state index contributed by atoms with van der Waals surface area (Å²) in [5, 5.41) is 0. The fraction of sp³-hybridized carbons (Fsp3) is 0.429. The molecule has 0 saturated heterocycles. The van der Waals surface area contributed by atoms with Crippen LogP contribution in [0.15, 0.2) is 24.3 Å². The number of amides is 2. The molecule has 2 amide bonds. The van der Waals surface area contributed by atoms with Crippen LogP contribution in [0.1, 0.15) is 30.9 Å². The average Bonchev–Trinajstić information content (AvgIpc) is 2.37. The summed E-state index contributed by atoms with van der Waals surface area (Å²) in [6.45, 7) is 2.44. The van der Waals surface area contributed by atoms with E-state index in [0.29, 0.717) is 19.4 Å². The predicted molar refractivity (Wildman–Crippen MR) is 68.6 cm³/mol. The highest BCUT2D eigenvalue weighted by molar-refractivity contribution is 5.87. The van der Waals surface area contributed by atoms with E-state index in [1.165, 1.54) is 0 Å². The van der Waals surface area contributed by atoms with E-state index in [2.05, 4.69) is 0 Å². The van der Waals surface area contributed by atoms with Crippen molar-refractivity contribution in [2.75, 3.05) is 0 Å². The van der Waals surface area contributed by atoms with Crippen molar-refractivity contribution < 1.29 is 9.59 Å². The Morgan fingerprint density at radius 2 is 2.00 bits per heavy atom. The van der Waals surface area contributed by atoms with E-state index in [9.17, 15) is 9.59 Å². The second-order valence-corrected chi connectivity index (χ2v) is 4.66. The summed E-state index contributed by atoms with van der Waals surface area (Å²) in [4.78, 5) is 25.2. The van der Waals surface area contributed by atoms with Crippen molar-refractivity contribution in [1.82, 2.24) is 4.90 Å². The average molecular weight is 246 g/mol. The topological polar surface area (TPSA) is 63.4 Å². The van der Waals surface area contributed by atoms with Crippen molar-refractivity contribution in [3.63, 3.8) is 0 Å². The van der Waals surface area contributed by atoms with E-state index in [4.69, 9.17) is 5.73 Å². The van der Waals surface area contributed by atoms with Gasteiger partial charge in [-0.05, 0) is 17.5 Å². The predicted octanol–water partition coefficient (Wildman–Crippen LogP) is 1.23. The van der Waals surface area contributed by atoms with Crippen molar-refractivity contribution in [3.05, 3.63) is 35.4 Å². The fourth-order valence-electron chi connectivity index (χ4n) is 2.40. The maximum Gasteiger partial charge on any atom is 0.240 e. The zero-order valence-corrected chi connectivity index (χ0v) is 10.6. The van der Waals surface area contributed by atoms with Crippen LogP contribution in [0, 0.1) is 0 Å². The molecule has 2 N–H and O–H groups in total. The van der Waals surface area contributed by atoms with E-state index in [1.54, 1.807) is 4.90 Å². The van der Waals surface area contributed by atoms with Gasteiger partial charge in [-0.15, -0.1) is 0 Å². The zero-order valence-electron chi connectivity index (χ0n) is 10.6. The molecule has 18 heavy (non-hydrogen) atoms. The highest BCUT2D eigenvalue weighted by atomic mass is 16.2. The van der Waals surface area contributed by atoms with Gasteiger partial charge >= 0.3 is 0 Å². The van der Waals surface area contributed by atoms with Crippen LogP contribution in [-0.2, 0) is 22.6 Å². The summed E-state index contributed by atoms with van der Waals surface area (Å²) in [5.74, 6) is -0.412. The molecular weight excluding hydrogens is 228 g/mol. The molecule has 0 bridgehead atoms. The summed E-state index contributed by atoms with van der Waals surface area (Å²) in [5.41, 5.74) is 7.64. The van der Waals surface area contributed by atoms with Crippen LogP contribution in [0.5, 0.6) is 0 Å². The second-order valence-electron chi connectivity index (χ2n) is 4.66. The fourth-order valence-corrected chi connectivity index (χ4v) is 2.40. The number of primary amides is 1. The number of carbonyl (C=O) groups excluding carboxylic acids is 2. The number of nitrogens with zero attached hydrogens (tertiary/aromatic N) is 1. The molecular formula is C14H18N2O2. The van der Waals surface area contributed by atoms with E-state index in [1.807, 2.05) is 31.2 Å². The third-order valence-electron chi connectivity index (χ3n) is 3.36.